The molecule has 2 aromatic rings. The molecule has 144 valence electrons. The van der Waals surface area contributed by atoms with Gasteiger partial charge in [-0.2, -0.15) is 5.26 Å². The molecular formula is C24H25NO3. The zero-order chi connectivity index (χ0) is 19.9. The Kier molecular flexibility index (Phi) is 6.39. The monoisotopic (exact) mass is 375 g/mol. The second-order valence-electron chi connectivity index (χ2n) is 6.72. The molecule has 0 saturated heterocycles. The first kappa shape index (κ1) is 19.6. The molecule has 0 spiro atoms. The highest BCUT2D eigenvalue weighted by Crippen LogP contribution is 2.35. The highest BCUT2D eigenvalue weighted by Gasteiger charge is 2.13. The van der Waals surface area contributed by atoms with Crippen LogP contribution in [0.15, 0.2) is 48.0 Å². The summed E-state index contributed by atoms with van der Waals surface area (Å²) < 4.78 is 16.3. The van der Waals surface area contributed by atoms with Crippen LogP contribution in [-0.4, -0.2) is 21.3 Å². The molecule has 1 aliphatic rings. The molecule has 0 aromatic heterocycles. The van der Waals surface area contributed by atoms with E-state index >= 15 is 0 Å². The Morgan fingerprint density at radius 1 is 0.857 bits per heavy atom. The van der Waals surface area contributed by atoms with Gasteiger partial charge in [0.15, 0.2) is 11.5 Å². The minimum Gasteiger partial charge on any atom is -0.496 e. The van der Waals surface area contributed by atoms with Crippen LogP contribution in [0.3, 0.4) is 0 Å². The van der Waals surface area contributed by atoms with E-state index in [0.29, 0.717) is 11.5 Å². The first-order valence-corrected chi connectivity index (χ1v) is 9.40. The minimum atomic E-state index is 0.630. The highest BCUT2D eigenvalue weighted by atomic mass is 16.5. The Labute approximate surface area is 166 Å². The van der Waals surface area contributed by atoms with Gasteiger partial charge >= 0.3 is 0 Å². The topological polar surface area (TPSA) is 51.5 Å². The first-order chi connectivity index (χ1) is 13.7. The summed E-state index contributed by atoms with van der Waals surface area (Å²) in [7, 11) is 4.90. The van der Waals surface area contributed by atoms with Gasteiger partial charge in [-0.25, -0.2) is 0 Å². The van der Waals surface area contributed by atoms with E-state index in [1.54, 1.807) is 27.4 Å². The number of methoxy groups -OCH3 is 3. The Bertz CT molecular complexity index is 943. The Hall–Kier alpha value is -3.19. The fourth-order valence-corrected chi connectivity index (χ4v) is 3.61. The standard InChI is InChI=1S/C24H25NO3/c1-26-22-10-8-18(15-20(22)14-17-6-4-5-7-17)21(12-13-25)19-9-11-23(27-2)24(16-19)28-3/h8-12,14-16H,4-7H2,1-3H3/b21-12+. The van der Waals surface area contributed by atoms with E-state index in [4.69, 9.17) is 14.2 Å². The molecule has 0 heterocycles. The molecule has 28 heavy (non-hydrogen) atoms. The molecule has 3 rings (SSSR count). The predicted molar refractivity (Wildman–Crippen MR) is 112 cm³/mol. The average molecular weight is 375 g/mol. The number of nitrogens with zero attached hydrogens (tertiary/aromatic N) is 1. The van der Waals surface area contributed by atoms with Gasteiger partial charge < -0.3 is 14.2 Å². The zero-order valence-electron chi connectivity index (χ0n) is 16.6. The smallest absolute Gasteiger partial charge is 0.161 e. The number of hydrogen-bond donors (Lipinski definition) is 0. The summed E-state index contributed by atoms with van der Waals surface area (Å²) >= 11 is 0. The molecule has 1 saturated carbocycles. The van der Waals surface area contributed by atoms with Crippen LogP contribution in [0.2, 0.25) is 0 Å². The fraction of sp³-hybridized carbons (Fsp3) is 0.292. The third-order valence-corrected chi connectivity index (χ3v) is 5.05. The molecule has 4 nitrogen and oxygen atoms in total. The van der Waals surface area contributed by atoms with E-state index in [2.05, 4.69) is 18.2 Å². The third kappa shape index (κ3) is 4.20. The van der Waals surface area contributed by atoms with Crippen molar-refractivity contribution < 1.29 is 14.2 Å². The Morgan fingerprint density at radius 3 is 2.07 bits per heavy atom. The fourth-order valence-electron chi connectivity index (χ4n) is 3.61. The van der Waals surface area contributed by atoms with Gasteiger partial charge in [0.1, 0.15) is 5.75 Å². The number of allylic oxidation sites excluding steroid dienone is 2. The molecule has 0 atom stereocenters. The maximum atomic E-state index is 9.37. The molecular weight excluding hydrogens is 350 g/mol. The molecule has 4 heteroatoms. The second kappa shape index (κ2) is 9.14. The van der Waals surface area contributed by atoms with Crippen molar-refractivity contribution in [2.75, 3.05) is 21.3 Å². The van der Waals surface area contributed by atoms with Crippen molar-refractivity contribution in [1.29, 1.82) is 5.26 Å². The summed E-state index contributed by atoms with van der Waals surface area (Å²) in [5.41, 5.74) is 5.18. The maximum Gasteiger partial charge on any atom is 0.161 e. The maximum absolute atomic E-state index is 9.37. The summed E-state index contributed by atoms with van der Waals surface area (Å²) in [6, 6.07) is 13.9. The highest BCUT2D eigenvalue weighted by molar-refractivity contribution is 5.83. The average Bonchev–Trinajstić information content (AvgIpc) is 3.24. The summed E-state index contributed by atoms with van der Waals surface area (Å²) in [6.45, 7) is 0. The van der Waals surface area contributed by atoms with Crippen molar-refractivity contribution in [1.82, 2.24) is 0 Å². The van der Waals surface area contributed by atoms with Gasteiger partial charge in [-0.1, -0.05) is 23.8 Å². The van der Waals surface area contributed by atoms with Crippen LogP contribution in [0.25, 0.3) is 11.6 Å². The zero-order valence-corrected chi connectivity index (χ0v) is 16.6. The molecule has 1 aliphatic carbocycles. The molecule has 0 bridgehead atoms. The van der Waals surface area contributed by atoms with Gasteiger partial charge in [0.2, 0.25) is 0 Å². The first-order valence-electron chi connectivity index (χ1n) is 9.40. The third-order valence-electron chi connectivity index (χ3n) is 5.05. The largest absolute Gasteiger partial charge is 0.496 e. The summed E-state index contributed by atoms with van der Waals surface area (Å²) in [5, 5.41) is 9.37. The van der Waals surface area contributed by atoms with Crippen LogP contribution >= 0.6 is 0 Å². The van der Waals surface area contributed by atoms with Crippen LogP contribution in [0, 0.1) is 11.3 Å². The van der Waals surface area contributed by atoms with E-state index in [9.17, 15) is 5.26 Å². The van der Waals surface area contributed by atoms with Crippen LogP contribution in [0.4, 0.5) is 0 Å². The SMILES string of the molecule is COc1ccc(/C(=C\C#N)c2ccc(OC)c(OC)c2)cc1C=C1CCCC1. The van der Waals surface area contributed by atoms with Crippen LogP contribution in [-0.2, 0) is 0 Å². The van der Waals surface area contributed by atoms with Gasteiger partial charge in [-0.05, 0) is 66.6 Å². The van der Waals surface area contributed by atoms with Crippen molar-refractivity contribution in [2.24, 2.45) is 0 Å². The van der Waals surface area contributed by atoms with Crippen molar-refractivity contribution >= 4 is 11.6 Å². The lowest BCUT2D eigenvalue weighted by Gasteiger charge is -2.14. The lowest BCUT2D eigenvalue weighted by Crippen LogP contribution is -1.95. The lowest BCUT2D eigenvalue weighted by atomic mass is 9.95. The number of ether oxygens (including phenoxy) is 3. The second-order valence-corrected chi connectivity index (χ2v) is 6.72. The molecule has 0 unspecified atom stereocenters. The van der Waals surface area contributed by atoms with Gasteiger partial charge in [0, 0.05) is 11.6 Å². The van der Waals surface area contributed by atoms with Crippen molar-refractivity contribution in [3.05, 3.63) is 64.7 Å². The lowest BCUT2D eigenvalue weighted by molar-refractivity contribution is 0.355. The van der Waals surface area contributed by atoms with Crippen LogP contribution < -0.4 is 14.2 Å². The van der Waals surface area contributed by atoms with E-state index in [0.717, 1.165) is 40.9 Å². The minimum absolute atomic E-state index is 0.630. The number of rotatable bonds is 6. The molecule has 0 radical (unpaired) electrons. The molecule has 0 N–H and O–H groups in total. The van der Waals surface area contributed by atoms with Gasteiger partial charge in [-0.15, -0.1) is 0 Å². The summed E-state index contributed by atoms with van der Waals surface area (Å²) in [5.74, 6) is 2.13. The molecule has 0 amide bonds. The number of benzene rings is 2. The molecule has 2 aromatic carbocycles. The van der Waals surface area contributed by atoms with Crippen molar-refractivity contribution in [2.45, 2.75) is 25.7 Å². The molecule has 0 aliphatic heterocycles. The van der Waals surface area contributed by atoms with E-state index < -0.39 is 0 Å². The Morgan fingerprint density at radius 2 is 1.46 bits per heavy atom. The van der Waals surface area contributed by atoms with E-state index in [1.165, 1.54) is 18.4 Å². The van der Waals surface area contributed by atoms with Gasteiger partial charge in [-0.3, -0.25) is 0 Å². The van der Waals surface area contributed by atoms with Crippen LogP contribution in [0.5, 0.6) is 17.2 Å². The molecule has 1 fully saturated rings. The predicted octanol–water partition coefficient (Wildman–Crippen LogP) is 5.63. The van der Waals surface area contributed by atoms with Gasteiger partial charge in [0.25, 0.3) is 0 Å². The van der Waals surface area contributed by atoms with Crippen LogP contribution in [0.1, 0.15) is 42.4 Å². The van der Waals surface area contributed by atoms with Crippen molar-refractivity contribution in [3.63, 3.8) is 0 Å². The van der Waals surface area contributed by atoms with E-state index in [1.807, 2.05) is 30.3 Å². The van der Waals surface area contributed by atoms with Gasteiger partial charge in [0.05, 0.1) is 27.4 Å². The quantitative estimate of drug-likeness (QED) is 0.615. The van der Waals surface area contributed by atoms with E-state index in [-0.39, 0.29) is 0 Å². The number of hydrogen-bond acceptors (Lipinski definition) is 4. The Balaban J connectivity index is 2.07. The normalized spacial score (nSPS) is 13.8. The summed E-state index contributed by atoms with van der Waals surface area (Å²) in [6.07, 6.45) is 8.58. The van der Waals surface area contributed by atoms with Crippen molar-refractivity contribution in [3.8, 4) is 23.3 Å². The number of nitriles is 1. The summed E-state index contributed by atoms with van der Waals surface area (Å²) in [4.78, 5) is 0.